The molecule has 1 fully saturated rings. The minimum atomic E-state index is 0.341. The summed E-state index contributed by atoms with van der Waals surface area (Å²) in [4.78, 5) is 3.35. The van der Waals surface area contributed by atoms with Crippen molar-refractivity contribution >= 4 is 21.7 Å². The van der Waals surface area contributed by atoms with Gasteiger partial charge in [-0.05, 0) is 77.8 Å². The predicted octanol–water partition coefficient (Wildman–Crippen LogP) is 7.93. The van der Waals surface area contributed by atoms with Crippen LogP contribution in [0.25, 0.3) is 21.7 Å². The molecule has 0 amide bonds. The third kappa shape index (κ3) is 4.76. The minimum absolute atomic E-state index is 0.341. The lowest BCUT2D eigenvalue weighted by Crippen LogP contribution is -2.29. The van der Waals surface area contributed by atoms with E-state index in [1.165, 1.54) is 57.6 Å². The molecular weight excluding hydrogens is 440 g/mol. The van der Waals surface area contributed by atoms with Crippen molar-refractivity contribution in [2.24, 2.45) is 0 Å². The zero-order valence-corrected chi connectivity index (χ0v) is 20.9. The molecule has 1 saturated carbocycles. The second-order valence-corrected chi connectivity index (χ2v) is 10.2. The normalized spacial score (nSPS) is 18.6. The molecule has 0 bridgehead atoms. The lowest BCUT2D eigenvalue weighted by molar-refractivity contribution is 0.322. The highest BCUT2D eigenvalue weighted by Gasteiger charge is 2.27. The van der Waals surface area contributed by atoms with Gasteiger partial charge in [-0.3, -0.25) is 0 Å². The SMILES string of the molecule is C[C@@H](NC1CCC(c2ccc(OCCc3c[nH]c4ccccc34)cc2)C1)c1cccc2ccccc12. The van der Waals surface area contributed by atoms with Gasteiger partial charge in [-0.1, -0.05) is 72.8 Å². The maximum Gasteiger partial charge on any atom is 0.119 e. The standard InChI is InChI=1S/C33H34N2O/c1-23(30-11-6-8-25-7-2-3-9-31(25)30)35-28-16-13-26(21-28)24-14-17-29(18-15-24)36-20-19-27-22-34-33-12-5-4-10-32(27)33/h2-12,14-15,17-18,22-23,26,28,34-35H,13,16,19-21H2,1H3/t23-,26?,28?/m1/s1. The van der Waals surface area contributed by atoms with Crippen LogP contribution in [-0.4, -0.2) is 17.6 Å². The summed E-state index contributed by atoms with van der Waals surface area (Å²) < 4.78 is 6.08. The molecule has 0 spiro atoms. The van der Waals surface area contributed by atoms with E-state index >= 15 is 0 Å². The van der Waals surface area contributed by atoms with Gasteiger partial charge in [0.1, 0.15) is 5.75 Å². The van der Waals surface area contributed by atoms with Gasteiger partial charge in [-0.25, -0.2) is 0 Å². The molecule has 5 aromatic rings. The number of nitrogens with one attached hydrogen (secondary N) is 2. The molecule has 3 atom stereocenters. The molecule has 1 aliphatic carbocycles. The molecule has 1 heterocycles. The first-order valence-electron chi connectivity index (χ1n) is 13.3. The van der Waals surface area contributed by atoms with Crippen molar-refractivity contribution in [2.45, 2.75) is 50.6 Å². The molecule has 2 N–H and O–H groups in total. The predicted molar refractivity (Wildman–Crippen MR) is 150 cm³/mol. The van der Waals surface area contributed by atoms with Crippen molar-refractivity contribution < 1.29 is 4.74 Å². The molecule has 0 aliphatic heterocycles. The molecule has 3 heteroatoms. The third-order valence-electron chi connectivity index (χ3n) is 7.87. The summed E-state index contributed by atoms with van der Waals surface area (Å²) in [6, 6.07) is 33.5. The molecule has 0 radical (unpaired) electrons. The number of hydrogen-bond donors (Lipinski definition) is 2. The maximum atomic E-state index is 6.08. The number of para-hydroxylation sites is 1. The number of hydrogen-bond acceptors (Lipinski definition) is 2. The molecule has 4 aromatic carbocycles. The van der Waals surface area contributed by atoms with Gasteiger partial charge in [0.05, 0.1) is 6.61 Å². The second-order valence-electron chi connectivity index (χ2n) is 10.2. The highest BCUT2D eigenvalue weighted by Crippen LogP contribution is 2.36. The summed E-state index contributed by atoms with van der Waals surface area (Å²) in [6.45, 7) is 2.99. The van der Waals surface area contributed by atoms with Gasteiger partial charge < -0.3 is 15.0 Å². The fraction of sp³-hybridized carbons (Fsp3) is 0.273. The van der Waals surface area contributed by atoms with Crippen molar-refractivity contribution in [3.63, 3.8) is 0 Å². The molecule has 6 rings (SSSR count). The first-order valence-corrected chi connectivity index (χ1v) is 13.3. The summed E-state index contributed by atoms with van der Waals surface area (Å²) in [7, 11) is 0. The van der Waals surface area contributed by atoms with Gasteiger partial charge in [0, 0.05) is 35.6 Å². The summed E-state index contributed by atoms with van der Waals surface area (Å²) in [5, 5.41) is 7.89. The Balaban J connectivity index is 1.03. The van der Waals surface area contributed by atoms with Gasteiger partial charge in [-0.2, -0.15) is 0 Å². The van der Waals surface area contributed by atoms with Gasteiger partial charge in [-0.15, -0.1) is 0 Å². The number of benzene rings is 4. The third-order valence-corrected chi connectivity index (χ3v) is 7.87. The number of aromatic nitrogens is 1. The first-order chi connectivity index (χ1) is 17.7. The number of fused-ring (bicyclic) bond motifs is 2. The van der Waals surface area contributed by atoms with E-state index in [0.29, 0.717) is 24.6 Å². The fourth-order valence-corrected chi connectivity index (χ4v) is 5.96. The Bertz CT molecular complexity index is 1450. The zero-order chi connectivity index (χ0) is 24.3. The van der Waals surface area contributed by atoms with Crippen LogP contribution in [0.1, 0.15) is 54.8 Å². The van der Waals surface area contributed by atoms with Crippen LogP contribution in [0.3, 0.4) is 0 Å². The average molecular weight is 475 g/mol. The quantitative estimate of drug-likeness (QED) is 0.240. The fourth-order valence-electron chi connectivity index (χ4n) is 5.96. The van der Waals surface area contributed by atoms with Gasteiger partial charge in [0.15, 0.2) is 0 Å². The number of aromatic amines is 1. The Morgan fingerprint density at radius 2 is 1.64 bits per heavy atom. The molecule has 2 unspecified atom stereocenters. The Morgan fingerprint density at radius 3 is 2.53 bits per heavy atom. The van der Waals surface area contributed by atoms with Gasteiger partial charge >= 0.3 is 0 Å². The molecule has 36 heavy (non-hydrogen) atoms. The summed E-state index contributed by atoms with van der Waals surface area (Å²) in [5.74, 6) is 1.57. The second kappa shape index (κ2) is 10.2. The van der Waals surface area contributed by atoms with Gasteiger partial charge in [0.2, 0.25) is 0 Å². The van der Waals surface area contributed by atoms with Crippen molar-refractivity contribution in [2.75, 3.05) is 6.61 Å². The highest BCUT2D eigenvalue weighted by atomic mass is 16.5. The van der Waals surface area contributed by atoms with Crippen LogP contribution < -0.4 is 10.1 Å². The molecule has 182 valence electrons. The molecule has 1 aromatic heterocycles. The van der Waals surface area contributed by atoms with E-state index in [1.807, 2.05) is 0 Å². The first kappa shape index (κ1) is 22.9. The summed E-state index contributed by atoms with van der Waals surface area (Å²) in [5.41, 5.74) is 5.32. The summed E-state index contributed by atoms with van der Waals surface area (Å²) >= 11 is 0. The van der Waals surface area contributed by atoms with Crippen LogP contribution in [0.15, 0.2) is 97.2 Å². The largest absolute Gasteiger partial charge is 0.493 e. The number of rotatable bonds is 8. The van der Waals surface area contributed by atoms with Crippen LogP contribution in [0.4, 0.5) is 0 Å². The van der Waals surface area contributed by atoms with E-state index in [4.69, 9.17) is 4.74 Å². The monoisotopic (exact) mass is 474 g/mol. The molecule has 1 aliphatic rings. The van der Waals surface area contributed by atoms with Crippen LogP contribution in [0.5, 0.6) is 5.75 Å². The topological polar surface area (TPSA) is 37.0 Å². The Labute approximate surface area is 213 Å². The summed E-state index contributed by atoms with van der Waals surface area (Å²) in [6.07, 6.45) is 6.65. The van der Waals surface area contributed by atoms with Crippen molar-refractivity contribution in [1.29, 1.82) is 0 Å². The van der Waals surface area contributed by atoms with E-state index in [-0.39, 0.29) is 0 Å². The van der Waals surface area contributed by atoms with Crippen molar-refractivity contribution in [1.82, 2.24) is 10.3 Å². The van der Waals surface area contributed by atoms with Crippen molar-refractivity contribution in [3.8, 4) is 5.75 Å². The molecule has 3 nitrogen and oxygen atoms in total. The number of ether oxygens (including phenoxy) is 1. The highest BCUT2D eigenvalue weighted by molar-refractivity contribution is 5.86. The van der Waals surface area contributed by atoms with Crippen LogP contribution in [-0.2, 0) is 6.42 Å². The Kier molecular flexibility index (Phi) is 6.48. The van der Waals surface area contributed by atoms with E-state index in [9.17, 15) is 0 Å². The Hall–Kier alpha value is -3.56. The van der Waals surface area contributed by atoms with E-state index in [2.05, 4.69) is 114 Å². The molecular formula is C33H34N2O. The molecule has 0 saturated heterocycles. The van der Waals surface area contributed by atoms with Gasteiger partial charge in [0.25, 0.3) is 0 Å². The zero-order valence-electron chi connectivity index (χ0n) is 20.9. The average Bonchev–Trinajstić information content (AvgIpc) is 3.56. The van der Waals surface area contributed by atoms with E-state index in [0.717, 1.165) is 12.2 Å². The van der Waals surface area contributed by atoms with Crippen LogP contribution >= 0.6 is 0 Å². The number of H-pyrrole nitrogens is 1. The van der Waals surface area contributed by atoms with Crippen LogP contribution in [0, 0.1) is 0 Å². The lowest BCUT2D eigenvalue weighted by Gasteiger charge is -2.21. The maximum absolute atomic E-state index is 6.08. The van der Waals surface area contributed by atoms with Crippen molar-refractivity contribution in [3.05, 3.63) is 114 Å². The van der Waals surface area contributed by atoms with E-state index < -0.39 is 0 Å². The smallest absolute Gasteiger partial charge is 0.119 e. The van der Waals surface area contributed by atoms with Crippen LogP contribution in [0.2, 0.25) is 0 Å². The Morgan fingerprint density at radius 1 is 0.861 bits per heavy atom. The minimum Gasteiger partial charge on any atom is -0.493 e. The lowest BCUT2D eigenvalue weighted by atomic mass is 9.96. The van der Waals surface area contributed by atoms with E-state index in [1.54, 1.807) is 0 Å².